The van der Waals surface area contributed by atoms with Crippen molar-refractivity contribution in [2.75, 3.05) is 18.5 Å². The van der Waals surface area contributed by atoms with Gasteiger partial charge in [-0.15, -0.1) is 22.7 Å². The maximum atomic E-state index is 13.2. The second-order valence-electron chi connectivity index (χ2n) is 11.1. The van der Waals surface area contributed by atoms with E-state index in [0.717, 1.165) is 57.1 Å². The number of nitrogens with one attached hydrogen (secondary N) is 2. The van der Waals surface area contributed by atoms with Gasteiger partial charge in [0, 0.05) is 28.4 Å². The van der Waals surface area contributed by atoms with Gasteiger partial charge < -0.3 is 19.7 Å². The largest absolute Gasteiger partial charge is 0.462 e. The highest BCUT2D eigenvalue weighted by Crippen LogP contribution is 2.39. The first kappa shape index (κ1) is 29.1. The van der Waals surface area contributed by atoms with Crippen LogP contribution >= 0.6 is 22.7 Å². The molecule has 0 aromatic carbocycles. The SMILES string of the molecule is CCOC(=O)c1c(NC(=O)NCc2c(-n3cnc(C)n3)sc3c2CCN(C(=O)OC(C)(C)C)C3)sc2c1CCCC2. The molecule has 4 heterocycles. The first-order chi connectivity index (χ1) is 19.5. The van der Waals surface area contributed by atoms with Gasteiger partial charge in [-0.1, -0.05) is 0 Å². The molecule has 3 aromatic heterocycles. The number of ether oxygens (including phenoxy) is 2. The molecule has 0 fully saturated rings. The van der Waals surface area contributed by atoms with Gasteiger partial charge in [-0.2, -0.15) is 5.10 Å². The van der Waals surface area contributed by atoms with Crippen LogP contribution in [0.15, 0.2) is 6.33 Å². The van der Waals surface area contributed by atoms with Gasteiger partial charge in [0.1, 0.15) is 27.8 Å². The fourth-order valence-electron chi connectivity index (χ4n) is 5.14. The summed E-state index contributed by atoms with van der Waals surface area (Å²) < 4.78 is 12.6. The number of thiophene rings is 2. The number of rotatable bonds is 6. The van der Waals surface area contributed by atoms with E-state index >= 15 is 0 Å². The van der Waals surface area contributed by atoms with Crippen molar-refractivity contribution in [3.63, 3.8) is 0 Å². The molecule has 3 amide bonds. The molecule has 0 radical (unpaired) electrons. The molecule has 5 rings (SSSR count). The highest BCUT2D eigenvalue weighted by molar-refractivity contribution is 7.17. The highest BCUT2D eigenvalue weighted by Gasteiger charge is 2.31. The fourth-order valence-corrected chi connectivity index (χ4v) is 7.71. The summed E-state index contributed by atoms with van der Waals surface area (Å²) >= 11 is 2.99. The first-order valence-corrected chi connectivity index (χ1v) is 15.5. The molecule has 0 saturated heterocycles. The normalized spacial score (nSPS) is 14.7. The maximum Gasteiger partial charge on any atom is 0.410 e. The smallest absolute Gasteiger partial charge is 0.410 e. The van der Waals surface area contributed by atoms with Crippen LogP contribution in [0.3, 0.4) is 0 Å². The zero-order chi connectivity index (χ0) is 29.3. The summed E-state index contributed by atoms with van der Waals surface area (Å²) in [5.41, 5.74) is 2.94. The van der Waals surface area contributed by atoms with Gasteiger partial charge in [-0.3, -0.25) is 5.32 Å². The van der Waals surface area contributed by atoms with Gasteiger partial charge >= 0.3 is 18.1 Å². The summed E-state index contributed by atoms with van der Waals surface area (Å²) in [4.78, 5) is 46.9. The number of urea groups is 1. The first-order valence-electron chi connectivity index (χ1n) is 13.9. The number of nitrogens with zero attached hydrogens (tertiary/aromatic N) is 4. The van der Waals surface area contributed by atoms with Crippen LogP contribution in [0.25, 0.3) is 5.00 Å². The van der Waals surface area contributed by atoms with Crippen molar-refractivity contribution in [2.24, 2.45) is 0 Å². The Bertz CT molecular complexity index is 1470. The summed E-state index contributed by atoms with van der Waals surface area (Å²) in [6.45, 7) is 10.6. The van der Waals surface area contributed by atoms with Crippen molar-refractivity contribution in [3.8, 4) is 5.00 Å². The predicted molar refractivity (Wildman–Crippen MR) is 157 cm³/mol. The number of esters is 1. The van der Waals surface area contributed by atoms with E-state index in [9.17, 15) is 14.4 Å². The monoisotopic (exact) mass is 600 g/mol. The predicted octanol–water partition coefficient (Wildman–Crippen LogP) is 5.37. The van der Waals surface area contributed by atoms with Gasteiger partial charge in [0.15, 0.2) is 0 Å². The lowest BCUT2D eigenvalue weighted by molar-refractivity contribution is 0.0226. The van der Waals surface area contributed by atoms with Crippen molar-refractivity contribution < 1.29 is 23.9 Å². The lowest BCUT2D eigenvalue weighted by Gasteiger charge is -2.30. The Morgan fingerprint density at radius 2 is 1.85 bits per heavy atom. The third-order valence-corrected chi connectivity index (χ3v) is 9.37. The van der Waals surface area contributed by atoms with Crippen molar-refractivity contribution in [1.82, 2.24) is 25.0 Å². The molecule has 1 aliphatic carbocycles. The number of carbonyl (C=O) groups is 3. The molecule has 41 heavy (non-hydrogen) atoms. The topological polar surface area (TPSA) is 128 Å². The second-order valence-corrected chi connectivity index (χ2v) is 13.3. The van der Waals surface area contributed by atoms with E-state index in [2.05, 4.69) is 20.7 Å². The number of anilines is 1. The maximum absolute atomic E-state index is 13.2. The minimum absolute atomic E-state index is 0.248. The lowest BCUT2D eigenvalue weighted by Crippen LogP contribution is -2.39. The van der Waals surface area contributed by atoms with E-state index in [1.165, 1.54) is 22.7 Å². The summed E-state index contributed by atoms with van der Waals surface area (Å²) in [5.74, 6) is 0.240. The minimum atomic E-state index is -0.576. The molecule has 2 aliphatic rings. The molecule has 2 N–H and O–H groups in total. The Labute approximate surface area is 247 Å². The third-order valence-electron chi connectivity index (χ3n) is 6.91. The second kappa shape index (κ2) is 11.8. The van der Waals surface area contributed by atoms with E-state index in [-0.39, 0.29) is 19.2 Å². The quantitative estimate of drug-likeness (QED) is 0.364. The average molecular weight is 601 g/mol. The number of hydrogen-bond acceptors (Lipinski definition) is 9. The van der Waals surface area contributed by atoms with E-state index in [1.54, 1.807) is 22.8 Å². The Morgan fingerprint density at radius 1 is 1.07 bits per heavy atom. The lowest BCUT2D eigenvalue weighted by atomic mass is 9.95. The molecule has 1 aliphatic heterocycles. The van der Waals surface area contributed by atoms with Crippen molar-refractivity contribution in [3.05, 3.63) is 44.2 Å². The van der Waals surface area contributed by atoms with E-state index in [1.807, 2.05) is 27.7 Å². The van der Waals surface area contributed by atoms with Crippen LogP contribution in [0.5, 0.6) is 0 Å². The number of amides is 3. The van der Waals surface area contributed by atoms with Crippen LogP contribution in [0.2, 0.25) is 0 Å². The molecule has 220 valence electrons. The number of hydrogen-bond donors (Lipinski definition) is 2. The molecule has 0 spiro atoms. The molecule has 0 bridgehead atoms. The zero-order valence-corrected chi connectivity index (χ0v) is 25.7. The number of aryl methyl sites for hydroxylation is 2. The molecular formula is C28H36N6O5S2. The van der Waals surface area contributed by atoms with E-state index < -0.39 is 17.6 Å². The highest BCUT2D eigenvalue weighted by atomic mass is 32.1. The number of aromatic nitrogens is 3. The fraction of sp³-hybridized carbons (Fsp3) is 0.536. The molecule has 0 unspecified atom stereocenters. The molecule has 0 atom stereocenters. The summed E-state index contributed by atoms with van der Waals surface area (Å²) in [6, 6.07) is -0.402. The zero-order valence-electron chi connectivity index (χ0n) is 24.1. The van der Waals surface area contributed by atoms with Crippen LogP contribution in [0.4, 0.5) is 14.6 Å². The Hall–Kier alpha value is -3.45. The van der Waals surface area contributed by atoms with Crippen LogP contribution < -0.4 is 10.6 Å². The Balaban J connectivity index is 1.36. The molecule has 13 heteroatoms. The number of fused-ring (bicyclic) bond motifs is 2. The number of carbonyl (C=O) groups excluding carboxylic acids is 3. The van der Waals surface area contributed by atoms with E-state index in [0.29, 0.717) is 35.9 Å². The van der Waals surface area contributed by atoms with E-state index in [4.69, 9.17) is 9.47 Å². The van der Waals surface area contributed by atoms with Crippen molar-refractivity contribution in [2.45, 2.75) is 85.4 Å². The summed E-state index contributed by atoms with van der Waals surface area (Å²) in [6.07, 6.45) is 5.74. The van der Waals surface area contributed by atoms with Gasteiger partial charge in [-0.25, -0.2) is 24.0 Å². The average Bonchev–Trinajstić information content (AvgIpc) is 3.60. The minimum Gasteiger partial charge on any atom is -0.462 e. The molecular weight excluding hydrogens is 564 g/mol. The van der Waals surface area contributed by atoms with Crippen molar-refractivity contribution >= 4 is 45.8 Å². The van der Waals surface area contributed by atoms with Gasteiger partial charge in [-0.05, 0) is 77.8 Å². The Morgan fingerprint density at radius 3 is 2.56 bits per heavy atom. The van der Waals surface area contributed by atoms with Crippen molar-refractivity contribution in [1.29, 1.82) is 0 Å². The Kier molecular flexibility index (Phi) is 8.37. The van der Waals surface area contributed by atoms with Gasteiger partial charge in [0.05, 0.1) is 18.7 Å². The molecule has 11 nitrogen and oxygen atoms in total. The molecule has 3 aromatic rings. The van der Waals surface area contributed by atoms with Crippen LogP contribution in [-0.4, -0.2) is 56.5 Å². The summed E-state index contributed by atoms with van der Waals surface area (Å²) in [5, 5.41) is 11.8. The summed E-state index contributed by atoms with van der Waals surface area (Å²) in [7, 11) is 0. The third kappa shape index (κ3) is 6.40. The van der Waals surface area contributed by atoms with Crippen LogP contribution in [-0.2, 0) is 41.8 Å². The van der Waals surface area contributed by atoms with Crippen LogP contribution in [0.1, 0.15) is 83.2 Å². The van der Waals surface area contributed by atoms with Crippen LogP contribution in [0, 0.1) is 6.92 Å². The molecule has 0 saturated carbocycles. The standard InChI is InChI=1S/C28H36N6O5S2/c1-6-38-25(35)22-18-9-7-8-10-20(18)40-23(22)31-26(36)29-13-19-17-11-12-33(27(37)39-28(3,4)5)14-21(17)41-24(19)34-15-30-16(2)32-34/h15H,6-14H2,1-5H3,(H2,29,31,36). The van der Waals surface area contributed by atoms with Gasteiger partial charge in [0.2, 0.25) is 0 Å². The van der Waals surface area contributed by atoms with Gasteiger partial charge in [0.25, 0.3) is 0 Å².